The van der Waals surface area contributed by atoms with E-state index in [9.17, 15) is 4.79 Å². The number of nitrogens with one attached hydrogen (secondary N) is 2. The van der Waals surface area contributed by atoms with Crippen molar-refractivity contribution in [3.05, 3.63) is 45.7 Å². The third kappa shape index (κ3) is 2.51. The number of fused-ring (bicyclic) bond motifs is 2. The van der Waals surface area contributed by atoms with Gasteiger partial charge in [0.25, 0.3) is 5.91 Å². The molecule has 128 valence electrons. The highest BCUT2D eigenvalue weighted by atomic mass is 35.5. The fraction of sp³-hybridized carbons (Fsp3) is 0.412. The third-order valence-corrected chi connectivity index (χ3v) is 5.08. The van der Waals surface area contributed by atoms with Crippen LogP contribution in [0.5, 0.6) is 0 Å². The number of aromatic nitrogens is 2. The summed E-state index contributed by atoms with van der Waals surface area (Å²) in [4.78, 5) is 14.9. The van der Waals surface area contributed by atoms with Crippen LogP contribution in [0.15, 0.2) is 18.2 Å². The van der Waals surface area contributed by atoms with E-state index in [0.717, 1.165) is 35.5 Å². The molecule has 0 saturated carbocycles. The normalized spacial score (nSPS) is 17.9. The first-order valence-corrected chi connectivity index (χ1v) is 8.24. The standard InChI is InChI=1S/C17H19ClN4O.ClH/c1-17(2)9-22(13-5-3-4-11(18)14(13)17)16(23)15-10-8-19-7-6-12(10)20-21-15;/h3-5,19H,6-9H2,1-2H3,(H,20,21);1H. The first-order valence-electron chi connectivity index (χ1n) is 7.87. The Morgan fingerprint density at radius 1 is 1.38 bits per heavy atom. The number of rotatable bonds is 1. The molecule has 0 bridgehead atoms. The van der Waals surface area contributed by atoms with Crippen LogP contribution in [0.4, 0.5) is 5.69 Å². The topological polar surface area (TPSA) is 61.0 Å². The van der Waals surface area contributed by atoms with E-state index in [2.05, 4.69) is 29.4 Å². The van der Waals surface area contributed by atoms with Gasteiger partial charge in [-0.15, -0.1) is 12.4 Å². The van der Waals surface area contributed by atoms with E-state index in [0.29, 0.717) is 23.8 Å². The maximum Gasteiger partial charge on any atom is 0.279 e. The summed E-state index contributed by atoms with van der Waals surface area (Å²) in [6, 6.07) is 5.74. The summed E-state index contributed by atoms with van der Waals surface area (Å²) < 4.78 is 0. The van der Waals surface area contributed by atoms with Gasteiger partial charge in [-0.05, 0) is 12.1 Å². The Morgan fingerprint density at radius 2 is 2.17 bits per heavy atom. The minimum absolute atomic E-state index is 0. The second-order valence-electron chi connectivity index (χ2n) is 6.87. The molecule has 0 spiro atoms. The highest BCUT2D eigenvalue weighted by molar-refractivity contribution is 6.32. The molecule has 0 unspecified atom stereocenters. The van der Waals surface area contributed by atoms with Gasteiger partial charge in [-0.25, -0.2) is 0 Å². The second kappa shape index (κ2) is 6.06. The van der Waals surface area contributed by atoms with Crippen molar-refractivity contribution in [3.8, 4) is 0 Å². The summed E-state index contributed by atoms with van der Waals surface area (Å²) in [5, 5.41) is 11.3. The molecule has 0 atom stereocenters. The third-order valence-electron chi connectivity index (χ3n) is 4.77. The van der Waals surface area contributed by atoms with Crippen molar-refractivity contribution in [2.75, 3.05) is 18.0 Å². The molecular formula is C17H20Cl2N4O. The van der Waals surface area contributed by atoms with Crippen LogP contribution in [0.2, 0.25) is 5.02 Å². The molecule has 0 aliphatic carbocycles. The predicted molar refractivity (Wildman–Crippen MR) is 97.4 cm³/mol. The molecule has 2 aliphatic rings. The van der Waals surface area contributed by atoms with Crippen molar-refractivity contribution in [2.24, 2.45) is 0 Å². The lowest BCUT2D eigenvalue weighted by Crippen LogP contribution is -2.35. The van der Waals surface area contributed by atoms with Gasteiger partial charge in [0.15, 0.2) is 5.69 Å². The molecule has 0 radical (unpaired) electrons. The minimum Gasteiger partial charge on any atom is -0.312 e. The van der Waals surface area contributed by atoms with E-state index in [1.54, 1.807) is 0 Å². The molecule has 1 amide bonds. The molecule has 1 aromatic heterocycles. The van der Waals surface area contributed by atoms with Crippen molar-refractivity contribution in [3.63, 3.8) is 0 Å². The Bertz CT molecular complexity index is 800. The maximum atomic E-state index is 13.1. The maximum absolute atomic E-state index is 13.1. The van der Waals surface area contributed by atoms with Crippen molar-refractivity contribution < 1.29 is 4.79 Å². The zero-order chi connectivity index (χ0) is 16.2. The van der Waals surface area contributed by atoms with Gasteiger partial charge >= 0.3 is 0 Å². The number of anilines is 1. The van der Waals surface area contributed by atoms with Crippen LogP contribution in [0.3, 0.4) is 0 Å². The number of nitrogens with zero attached hydrogens (tertiary/aromatic N) is 2. The fourth-order valence-electron chi connectivity index (χ4n) is 3.68. The summed E-state index contributed by atoms with van der Waals surface area (Å²) in [5.41, 5.74) is 4.35. The molecule has 5 nitrogen and oxygen atoms in total. The quantitative estimate of drug-likeness (QED) is 0.815. The number of amides is 1. The lowest BCUT2D eigenvalue weighted by atomic mass is 9.87. The van der Waals surface area contributed by atoms with Gasteiger partial charge in [0, 0.05) is 59.0 Å². The number of H-pyrrole nitrogens is 1. The molecule has 7 heteroatoms. The van der Waals surface area contributed by atoms with Gasteiger partial charge in [0.2, 0.25) is 0 Å². The van der Waals surface area contributed by atoms with Crippen LogP contribution in [-0.4, -0.2) is 29.2 Å². The molecule has 0 saturated heterocycles. The van der Waals surface area contributed by atoms with Gasteiger partial charge in [0.05, 0.1) is 0 Å². The number of carbonyl (C=O) groups is 1. The van der Waals surface area contributed by atoms with E-state index < -0.39 is 0 Å². The Labute approximate surface area is 152 Å². The SMILES string of the molecule is CC1(C)CN(C(=O)c2n[nH]c3c2CNCC3)c2cccc(Cl)c21.Cl. The highest BCUT2D eigenvalue weighted by Gasteiger charge is 2.41. The molecule has 4 rings (SSSR count). The molecular weight excluding hydrogens is 347 g/mol. The lowest BCUT2D eigenvalue weighted by molar-refractivity contribution is 0.0980. The number of halogens is 2. The van der Waals surface area contributed by atoms with Crippen molar-refractivity contribution in [1.82, 2.24) is 15.5 Å². The Morgan fingerprint density at radius 3 is 2.96 bits per heavy atom. The van der Waals surface area contributed by atoms with Gasteiger partial charge in [-0.3, -0.25) is 9.89 Å². The minimum atomic E-state index is -0.169. The molecule has 1 aromatic carbocycles. The average Bonchev–Trinajstić information content (AvgIpc) is 3.06. The number of aromatic amines is 1. The van der Waals surface area contributed by atoms with Crippen LogP contribution in [0.1, 0.15) is 41.2 Å². The van der Waals surface area contributed by atoms with Crippen LogP contribution in [0, 0.1) is 0 Å². The molecule has 2 N–H and O–H groups in total. The second-order valence-corrected chi connectivity index (χ2v) is 7.27. The monoisotopic (exact) mass is 366 g/mol. The van der Waals surface area contributed by atoms with E-state index >= 15 is 0 Å². The lowest BCUT2D eigenvalue weighted by Gasteiger charge is -2.21. The van der Waals surface area contributed by atoms with Crippen molar-refractivity contribution >= 4 is 35.6 Å². The number of benzene rings is 1. The summed E-state index contributed by atoms with van der Waals surface area (Å²) in [6.07, 6.45) is 0.878. The van der Waals surface area contributed by atoms with Gasteiger partial charge in [0.1, 0.15) is 0 Å². The number of carbonyl (C=O) groups excluding carboxylic acids is 1. The Hall–Kier alpha value is -1.56. The fourth-order valence-corrected chi connectivity index (χ4v) is 4.10. The first kappa shape index (κ1) is 17.3. The zero-order valence-electron chi connectivity index (χ0n) is 13.6. The van der Waals surface area contributed by atoms with E-state index in [1.165, 1.54) is 0 Å². The molecule has 2 aliphatic heterocycles. The summed E-state index contributed by atoms with van der Waals surface area (Å²) >= 11 is 6.39. The van der Waals surface area contributed by atoms with Gasteiger partial charge in [-0.1, -0.05) is 31.5 Å². The van der Waals surface area contributed by atoms with Crippen LogP contribution in [-0.2, 0) is 18.4 Å². The Balaban J connectivity index is 0.00000169. The summed E-state index contributed by atoms with van der Waals surface area (Å²) in [7, 11) is 0. The van der Waals surface area contributed by atoms with Crippen LogP contribution >= 0.6 is 24.0 Å². The largest absolute Gasteiger partial charge is 0.312 e. The molecule has 2 aromatic rings. The zero-order valence-corrected chi connectivity index (χ0v) is 15.2. The average molecular weight is 367 g/mol. The first-order chi connectivity index (χ1) is 11.0. The van der Waals surface area contributed by atoms with E-state index in [-0.39, 0.29) is 23.7 Å². The number of hydrogen-bond donors (Lipinski definition) is 2. The van der Waals surface area contributed by atoms with Gasteiger partial charge in [-0.2, -0.15) is 5.10 Å². The summed E-state index contributed by atoms with van der Waals surface area (Å²) in [6.45, 7) is 6.45. The molecule has 0 fully saturated rings. The van der Waals surface area contributed by atoms with E-state index in [1.807, 2.05) is 23.1 Å². The molecule has 24 heavy (non-hydrogen) atoms. The van der Waals surface area contributed by atoms with Gasteiger partial charge < -0.3 is 10.2 Å². The summed E-state index contributed by atoms with van der Waals surface area (Å²) in [5.74, 6) is -0.0553. The van der Waals surface area contributed by atoms with E-state index in [4.69, 9.17) is 11.6 Å². The molecule has 3 heterocycles. The van der Waals surface area contributed by atoms with Crippen LogP contribution in [0.25, 0.3) is 0 Å². The van der Waals surface area contributed by atoms with Crippen LogP contribution < -0.4 is 10.2 Å². The highest BCUT2D eigenvalue weighted by Crippen LogP contribution is 2.44. The smallest absolute Gasteiger partial charge is 0.279 e. The van der Waals surface area contributed by atoms with Crippen molar-refractivity contribution in [1.29, 1.82) is 0 Å². The van der Waals surface area contributed by atoms with Crippen molar-refractivity contribution in [2.45, 2.75) is 32.2 Å². The number of hydrogen-bond acceptors (Lipinski definition) is 3. The Kier molecular flexibility index (Phi) is 4.36. The predicted octanol–water partition coefficient (Wildman–Crippen LogP) is 3.07.